The molecule has 0 spiro atoms. The molecule has 0 fully saturated rings. The number of nitrogens with one attached hydrogen (secondary N) is 1. The summed E-state index contributed by atoms with van der Waals surface area (Å²) >= 11 is 0. The normalized spacial score (nSPS) is 16.3. The fourth-order valence-electron chi connectivity index (χ4n) is 3.49. The zero-order valence-corrected chi connectivity index (χ0v) is 19.9. The van der Waals surface area contributed by atoms with Crippen LogP contribution in [-0.4, -0.2) is 67.2 Å². The molecule has 180 valence electrons. The number of carbonyl (C=O) groups is 2. The Kier molecular flexibility index (Phi) is 6.80. The van der Waals surface area contributed by atoms with Crippen molar-refractivity contribution < 1.29 is 31.3 Å². The molecule has 1 aromatic carbocycles. The Balaban J connectivity index is 2.13. The Hall–Kier alpha value is -2.99. The van der Waals surface area contributed by atoms with Gasteiger partial charge < -0.3 is 15.0 Å². The third-order valence-corrected chi connectivity index (χ3v) is 5.37. The summed E-state index contributed by atoms with van der Waals surface area (Å²) in [5, 5.41) is 7.06. The van der Waals surface area contributed by atoms with Crippen molar-refractivity contribution in [2.24, 2.45) is 0 Å². The van der Waals surface area contributed by atoms with Crippen molar-refractivity contribution in [3.63, 3.8) is 0 Å². The number of rotatable bonds is 5. The van der Waals surface area contributed by atoms with E-state index in [4.69, 9.17) is 8.92 Å². The highest BCUT2D eigenvalue weighted by Crippen LogP contribution is 2.33. The maximum absolute atomic E-state index is 13.9. The largest absolute Gasteiger partial charge is 0.444 e. The molecule has 1 unspecified atom stereocenters. The Morgan fingerprint density at radius 1 is 1.30 bits per heavy atom. The highest BCUT2D eigenvalue weighted by Gasteiger charge is 2.37. The van der Waals surface area contributed by atoms with Crippen LogP contribution >= 0.6 is 0 Å². The predicted octanol–water partition coefficient (Wildman–Crippen LogP) is 2.32. The monoisotopic (exact) mass is 482 g/mol. The average molecular weight is 483 g/mol. The molecule has 33 heavy (non-hydrogen) atoms. The van der Waals surface area contributed by atoms with Crippen LogP contribution in [0.3, 0.4) is 0 Å². The van der Waals surface area contributed by atoms with Gasteiger partial charge in [-0.3, -0.25) is 13.7 Å². The molecular formula is C21H27FN4O6S. The van der Waals surface area contributed by atoms with Crippen LogP contribution in [0.5, 0.6) is 0 Å². The van der Waals surface area contributed by atoms with Crippen LogP contribution in [0.15, 0.2) is 24.3 Å². The molecular weight excluding hydrogens is 455 g/mol. The first kappa shape index (κ1) is 24.6. The van der Waals surface area contributed by atoms with Crippen molar-refractivity contribution in [1.82, 2.24) is 20.0 Å². The first-order valence-corrected chi connectivity index (χ1v) is 12.0. The Labute approximate surface area is 191 Å². The average Bonchev–Trinajstić information content (AvgIpc) is 3.09. The first-order valence-electron chi connectivity index (χ1n) is 10.2. The molecule has 0 saturated carbocycles. The second-order valence-corrected chi connectivity index (χ2v) is 10.4. The van der Waals surface area contributed by atoms with Gasteiger partial charge in [0.25, 0.3) is 16.0 Å². The summed E-state index contributed by atoms with van der Waals surface area (Å²) < 4.78 is 49.1. The van der Waals surface area contributed by atoms with Gasteiger partial charge in [-0.15, -0.1) is 0 Å². The number of nitrogens with zero attached hydrogens (tertiary/aromatic N) is 3. The van der Waals surface area contributed by atoms with Gasteiger partial charge in [-0.25, -0.2) is 9.18 Å². The molecule has 0 radical (unpaired) electrons. The van der Waals surface area contributed by atoms with Crippen LogP contribution in [0.4, 0.5) is 9.18 Å². The molecule has 0 aliphatic carbocycles. The van der Waals surface area contributed by atoms with Gasteiger partial charge in [0, 0.05) is 19.2 Å². The summed E-state index contributed by atoms with van der Waals surface area (Å²) in [4.78, 5) is 27.0. The van der Waals surface area contributed by atoms with E-state index in [0.717, 1.165) is 6.26 Å². The van der Waals surface area contributed by atoms with Crippen LogP contribution in [-0.2, 0) is 25.6 Å². The Morgan fingerprint density at radius 2 is 2.00 bits per heavy atom. The van der Waals surface area contributed by atoms with Crippen LogP contribution in [0, 0.1) is 5.82 Å². The SMILES string of the molecule is CNC(=O)c1c(-c2cccc(F)c2)nn2c1CN(C(=O)OC(C)(C)C)CC2COS(C)(=O)=O. The number of carbonyl (C=O) groups excluding carboxylic acids is 2. The number of hydrogen-bond acceptors (Lipinski definition) is 7. The van der Waals surface area contributed by atoms with Gasteiger partial charge in [0.05, 0.1) is 36.7 Å². The molecule has 3 rings (SSSR count). The van der Waals surface area contributed by atoms with Crippen molar-refractivity contribution in [1.29, 1.82) is 0 Å². The Morgan fingerprint density at radius 3 is 2.58 bits per heavy atom. The van der Waals surface area contributed by atoms with Crippen LogP contribution in [0.25, 0.3) is 11.3 Å². The van der Waals surface area contributed by atoms with Crippen molar-refractivity contribution in [2.45, 2.75) is 39.0 Å². The van der Waals surface area contributed by atoms with E-state index < -0.39 is 39.6 Å². The molecule has 1 aromatic heterocycles. The molecule has 1 atom stereocenters. The molecule has 0 bridgehead atoms. The zero-order valence-electron chi connectivity index (χ0n) is 19.1. The van der Waals surface area contributed by atoms with Gasteiger partial charge in [-0.05, 0) is 32.9 Å². The lowest BCUT2D eigenvalue weighted by atomic mass is 10.0. The number of fused-ring (bicyclic) bond motifs is 1. The van der Waals surface area contributed by atoms with Gasteiger partial charge in [0.1, 0.15) is 17.1 Å². The summed E-state index contributed by atoms with van der Waals surface area (Å²) in [7, 11) is -2.33. The quantitative estimate of drug-likeness (QED) is 0.650. The molecule has 0 saturated heterocycles. The molecule has 2 amide bonds. The smallest absolute Gasteiger partial charge is 0.410 e. The van der Waals surface area contributed by atoms with E-state index in [1.807, 2.05) is 0 Å². The maximum Gasteiger partial charge on any atom is 0.410 e. The lowest BCUT2D eigenvalue weighted by Crippen LogP contribution is -2.45. The fourth-order valence-corrected chi connectivity index (χ4v) is 3.90. The van der Waals surface area contributed by atoms with Crippen LogP contribution in [0.1, 0.15) is 42.9 Å². The molecule has 12 heteroatoms. The van der Waals surface area contributed by atoms with Gasteiger partial charge in [0.2, 0.25) is 0 Å². The van der Waals surface area contributed by atoms with Crippen LogP contribution in [0.2, 0.25) is 0 Å². The molecule has 10 nitrogen and oxygen atoms in total. The molecule has 1 N–H and O–H groups in total. The lowest BCUT2D eigenvalue weighted by Gasteiger charge is -2.35. The minimum Gasteiger partial charge on any atom is -0.444 e. The van der Waals surface area contributed by atoms with Gasteiger partial charge in [0.15, 0.2) is 0 Å². The van der Waals surface area contributed by atoms with E-state index in [1.165, 1.54) is 34.8 Å². The molecule has 2 heterocycles. The standard InChI is InChI=1S/C21H27FN4O6S/c1-21(2,3)32-20(28)25-10-15(12-31-33(5,29)30)26-16(11-25)17(19(27)23-4)18(24-26)13-7-6-8-14(22)9-13/h6-9,15H,10-12H2,1-5H3,(H,23,27). The summed E-state index contributed by atoms with van der Waals surface area (Å²) in [5.74, 6) is -0.988. The number of benzene rings is 1. The van der Waals surface area contributed by atoms with Crippen molar-refractivity contribution in [3.05, 3.63) is 41.3 Å². The summed E-state index contributed by atoms with van der Waals surface area (Å²) in [6.07, 6.45) is 0.286. The Bertz CT molecular complexity index is 1170. The number of ether oxygens (including phenoxy) is 1. The zero-order chi connectivity index (χ0) is 24.6. The maximum atomic E-state index is 13.9. The number of aromatic nitrogens is 2. The summed E-state index contributed by atoms with van der Waals surface area (Å²) in [6.45, 7) is 4.87. The van der Waals surface area contributed by atoms with Crippen molar-refractivity contribution >= 4 is 22.1 Å². The second kappa shape index (κ2) is 9.10. The van der Waals surface area contributed by atoms with E-state index in [0.29, 0.717) is 11.3 Å². The van der Waals surface area contributed by atoms with Gasteiger partial charge >= 0.3 is 6.09 Å². The minimum absolute atomic E-state index is 0.0185. The van der Waals surface area contributed by atoms with E-state index in [-0.39, 0.29) is 31.0 Å². The lowest BCUT2D eigenvalue weighted by molar-refractivity contribution is 0.0136. The third kappa shape index (κ3) is 5.88. The predicted molar refractivity (Wildman–Crippen MR) is 117 cm³/mol. The number of amides is 2. The second-order valence-electron chi connectivity index (χ2n) is 8.71. The molecule has 1 aliphatic heterocycles. The molecule has 1 aliphatic rings. The van der Waals surface area contributed by atoms with Crippen LogP contribution < -0.4 is 5.32 Å². The number of halogens is 1. The molecule has 2 aromatic rings. The highest BCUT2D eigenvalue weighted by molar-refractivity contribution is 7.85. The first-order chi connectivity index (χ1) is 15.3. The van der Waals surface area contributed by atoms with Gasteiger partial charge in [-0.1, -0.05) is 12.1 Å². The van der Waals surface area contributed by atoms with E-state index in [1.54, 1.807) is 26.8 Å². The van der Waals surface area contributed by atoms with Gasteiger partial charge in [-0.2, -0.15) is 13.5 Å². The fraction of sp³-hybridized carbons (Fsp3) is 0.476. The van der Waals surface area contributed by atoms with E-state index in [9.17, 15) is 22.4 Å². The minimum atomic E-state index is -3.78. The number of hydrogen-bond donors (Lipinski definition) is 1. The van der Waals surface area contributed by atoms with Crippen molar-refractivity contribution in [3.8, 4) is 11.3 Å². The third-order valence-electron chi connectivity index (χ3n) is 4.81. The van der Waals surface area contributed by atoms with E-state index in [2.05, 4.69) is 10.4 Å². The van der Waals surface area contributed by atoms with Crippen molar-refractivity contribution in [2.75, 3.05) is 26.5 Å². The topological polar surface area (TPSA) is 120 Å². The summed E-state index contributed by atoms with van der Waals surface area (Å²) in [5.41, 5.74) is 0.319. The summed E-state index contributed by atoms with van der Waals surface area (Å²) in [6, 6.07) is 4.88. The highest BCUT2D eigenvalue weighted by atomic mass is 32.2. The van der Waals surface area contributed by atoms with E-state index >= 15 is 0 Å².